The van der Waals surface area contributed by atoms with Crippen LogP contribution >= 0.6 is 0 Å². The lowest BCUT2D eigenvalue weighted by molar-refractivity contribution is 0.842. The molecule has 1 heterocycles. The summed E-state index contributed by atoms with van der Waals surface area (Å²) in [5, 5.41) is 11.0. The van der Waals surface area contributed by atoms with E-state index in [1.807, 2.05) is 49.4 Å². The third kappa shape index (κ3) is 2.67. The molecule has 0 saturated carbocycles. The molecule has 2 aromatic carbocycles. The fourth-order valence-electron chi connectivity index (χ4n) is 2.03. The highest BCUT2D eigenvalue weighted by Crippen LogP contribution is 2.15. The molecule has 3 N–H and O–H groups in total. The Bertz CT molecular complexity index is 841. The van der Waals surface area contributed by atoms with Crippen molar-refractivity contribution in [3.63, 3.8) is 0 Å². The molecule has 0 aliphatic heterocycles. The predicted molar refractivity (Wildman–Crippen MR) is 86.3 cm³/mol. The van der Waals surface area contributed by atoms with Gasteiger partial charge in [0.25, 0.3) is 5.56 Å². The van der Waals surface area contributed by atoms with Crippen molar-refractivity contribution in [3.8, 4) is 11.3 Å². The summed E-state index contributed by atoms with van der Waals surface area (Å²) in [6, 6.07) is 16.8. The van der Waals surface area contributed by atoms with Crippen LogP contribution < -0.4 is 16.7 Å². The molecular formula is C16H15N5O. The Morgan fingerprint density at radius 3 is 2.36 bits per heavy atom. The minimum Gasteiger partial charge on any atom is -0.333 e. The molecule has 0 aliphatic carbocycles. The summed E-state index contributed by atoms with van der Waals surface area (Å²) in [5.74, 6) is 6.03. The molecule has 3 aromatic rings. The maximum absolute atomic E-state index is 12.3. The number of rotatable bonds is 3. The molecule has 6 heteroatoms. The SMILES string of the molecule is Cc1ccc(Nc2nnc(-c3ccccc3)c(=O)n2N)cc1. The number of nitrogens with one attached hydrogen (secondary N) is 1. The summed E-state index contributed by atoms with van der Waals surface area (Å²) < 4.78 is 0.967. The number of aromatic nitrogens is 3. The lowest BCUT2D eigenvalue weighted by Gasteiger charge is -2.10. The van der Waals surface area contributed by atoms with Crippen molar-refractivity contribution in [1.82, 2.24) is 14.9 Å². The first kappa shape index (κ1) is 13.8. The fraction of sp³-hybridized carbons (Fsp3) is 0.0625. The Balaban J connectivity index is 1.96. The van der Waals surface area contributed by atoms with Crippen molar-refractivity contribution in [1.29, 1.82) is 0 Å². The van der Waals surface area contributed by atoms with Crippen molar-refractivity contribution >= 4 is 11.6 Å². The normalized spacial score (nSPS) is 10.4. The fourth-order valence-corrected chi connectivity index (χ4v) is 2.03. The number of hydrogen-bond donors (Lipinski definition) is 2. The molecule has 1 aromatic heterocycles. The largest absolute Gasteiger partial charge is 0.333 e. The van der Waals surface area contributed by atoms with Crippen LogP contribution in [0.2, 0.25) is 0 Å². The molecule has 0 aliphatic rings. The van der Waals surface area contributed by atoms with Gasteiger partial charge in [-0.15, -0.1) is 10.2 Å². The summed E-state index contributed by atoms with van der Waals surface area (Å²) in [6.45, 7) is 2.00. The second-order valence-electron chi connectivity index (χ2n) is 4.90. The van der Waals surface area contributed by atoms with Crippen LogP contribution in [0.1, 0.15) is 5.56 Å². The van der Waals surface area contributed by atoms with Gasteiger partial charge in [0.1, 0.15) is 0 Å². The van der Waals surface area contributed by atoms with Gasteiger partial charge in [-0.3, -0.25) is 4.79 Å². The standard InChI is InChI=1S/C16H15N5O/c1-11-7-9-13(10-8-11)18-16-20-19-14(15(22)21(16)17)12-5-3-2-4-6-12/h2-10H,17H2,1H3,(H,18,20). The van der Waals surface area contributed by atoms with Crippen molar-refractivity contribution in [3.05, 3.63) is 70.5 Å². The summed E-state index contributed by atoms with van der Waals surface area (Å²) in [6.07, 6.45) is 0. The molecule has 0 radical (unpaired) electrons. The second-order valence-corrected chi connectivity index (χ2v) is 4.90. The zero-order valence-corrected chi connectivity index (χ0v) is 12.0. The van der Waals surface area contributed by atoms with E-state index in [1.165, 1.54) is 0 Å². The van der Waals surface area contributed by atoms with Gasteiger partial charge in [0.15, 0.2) is 5.69 Å². The maximum atomic E-state index is 12.3. The van der Waals surface area contributed by atoms with E-state index in [4.69, 9.17) is 5.84 Å². The van der Waals surface area contributed by atoms with Gasteiger partial charge >= 0.3 is 0 Å². The minimum absolute atomic E-state index is 0.188. The number of hydrogen-bond acceptors (Lipinski definition) is 5. The molecule has 0 spiro atoms. The van der Waals surface area contributed by atoms with Crippen molar-refractivity contribution < 1.29 is 0 Å². The van der Waals surface area contributed by atoms with E-state index >= 15 is 0 Å². The highest BCUT2D eigenvalue weighted by atomic mass is 16.1. The van der Waals surface area contributed by atoms with Crippen molar-refractivity contribution in [2.45, 2.75) is 6.92 Å². The van der Waals surface area contributed by atoms with Crippen LogP contribution in [0.4, 0.5) is 11.6 Å². The van der Waals surface area contributed by atoms with E-state index in [0.29, 0.717) is 5.56 Å². The van der Waals surface area contributed by atoms with Crippen LogP contribution in [-0.2, 0) is 0 Å². The second kappa shape index (κ2) is 5.69. The lowest BCUT2D eigenvalue weighted by atomic mass is 10.2. The Kier molecular flexibility index (Phi) is 3.57. The summed E-state index contributed by atoms with van der Waals surface area (Å²) >= 11 is 0. The van der Waals surface area contributed by atoms with Gasteiger partial charge in [-0.05, 0) is 19.1 Å². The number of nitrogens with zero attached hydrogens (tertiary/aromatic N) is 3. The maximum Gasteiger partial charge on any atom is 0.300 e. The van der Waals surface area contributed by atoms with Gasteiger partial charge in [0.2, 0.25) is 5.95 Å². The Hall–Kier alpha value is -3.15. The number of nitrogens with two attached hydrogens (primary N) is 1. The van der Waals surface area contributed by atoms with E-state index in [1.54, 1.807) is 12.1 Å². The first-order valence-electron chi connectivity index (χ1n) is 6.79. The van der Waals surface area contributed by atoms with Crippen LogP contribution in [0.5, 0.6) is 0 Å². The molecule has 0 atom stereocenters. The Morgan fingerprint density at radius 2 is 1.68 bits per heavy atom. The average Bonchev–Trinajstić information content (AvgIpc) is 2.55. The Labute approximate surface area is 127 Å². The van der Waals surface area contributed by atoms with Gasteiger partial charge in [-0.1, -0.05) is 48.0 Å². The summed E-state index contributed by atoms with van der Waals surface area (Å²) in [7, 11) is 0. The minimum atomic E-state index is -0.407. The van der Waals surface area contributed by atoms with E-state index < -0.39 is 5.56 Å². The van der Waals surface area contributed by atoms with Crippen LogP contribution in [0.15, 0.2) is 59.4 Å². The van der Waals surface area contributed by atoms with E-state index in [2.05, 4.69) is 15.5 Å². The number of nitrogen functional groups attached to an aromatic ring is 1. The third-order valence-electron chi connectivity index (χ3n) is 3.25. The van der Waals surface area contributed by atoms with E-state index in [-0.39, 0.29) is 11.6 Å². The number of aryl methyl sites for hydroxylation is 1. The number of benzene rings is 2. The van der Waals surface area contributed by atoms with Gasteiger partial charge in [-0.2, -0.15) is 4.68 Å². The zero-order valence-electron chi connectivity index (χ0n) is 12.0. The highest BCUT2D eigenvalue weighted by molar-refractivity contribution is 5.59. The smallest absolute Gasteiger partial charge is 0.300 e. The quantitative estimate of drug-likeness (QED) is 0.722. The third-order valence-corrected chi connectivity index (χ3v) is 3.25. The molecule has 0 saturated heterocycles. The first-order chi connectivity index (χ1) is 10.6. The molecule has 22 heavy (non-hydrogen) atoms. The van der Waals surface area contributed by atoms with Gasteiger partial charge in [-0.25, -0.2) is 0 Å². The first-order valence-corrected chi connectivity index (χ1v) is 6.79. The summed E-state index contributed by atoms with van der Waals surface area (Å²) in [4.78, 5) is 12.3. The average molecular weight is 293 g/mol. The predicted octanol–water partition coefficient (Wildman–Crippen LogP) is 2.07. The molecule has 0 bridgehead atoms. The molecular weight excluding hydrogens is 278 g/mol. The molecule has 0 fully saturated rings. The van der Waals surface area contributed by atoms with Crippen molar-refractivity contribution in [2.24, 2.45) is 0 Å². The molecule has 0 amide bonds. The molecule has 110 valence electrons. The van der Waals surface area contributed by atoms with Gasteiger partial charge in [0, 0.05) is 11.3 Å². The monoisotopic (exact) mass is 293 g/mol. The topological polar surface area (TPSA) is 85.8 Å². The van der Waals surface area contributed by atoms with E-state index in [0.717, 1.165) is 15.9 Å². The highest BCUT2D eigenvalue weighted by Gasteiger charge is 2.11. The molecule has 0 unspecified atom stereocenters. The molecule has 3 rings (SSSR count). The molecule has 6 nitrogen and oxygen atoms in total. The Morgan fingerprint density at radius 1 is 1.00 bits per heavy atom. The van der Waals surface area contributed by atoms with E-state index in [9.17, 15) is 4.79 Å². The van der Waals surface area contributed by atoms with Crippen LogP contribution in [-0.4, -0.2) is 14.9 Å². The zero-order chi connectivity index (χ0) is 15.5. The van der Waals surface area contributed by atoms with Crippen molar-refractivity contribution in [2.75, 3.05) is 11.2 Å². The summed E-state index contributed by atoms with van der Waals surface area (Å²) in [5.41, 5.74) is 2.42. The van der Waals surface area contributed by atoms with Crippen LogP contribution in [0, 0.1) is 6.92 Å². The van der Waals surface area contributed by atoms with Gasteiger partial charge in [0.05, 0.1) is 0 Å². The van der Waals surface area contributed by atoms with Crippen LogP contribution in [0.3, 0.4) is 0 Å². The number of anilines is 2. The lowest BCUT2D eigenvalue weighted by Crippen LogP contribution is -2.32. The van der Waals surface area contributed by atoms with Gasteiger partial charge < -0.3 is 11.2 Å². The van der Waals surface area contributed by atoms with Crippen LogP contribution in [0.25, 0.3) is 11.3 Å².